The number of halogens is 1. The van der Waals surface area contributed by atoms with E-state index < -0.39 is 11.8 Å². The van der Waals surface area contributed by atoms with Gasteiger partial charge < -0.3 is 10.1 Å². The van der Waals surface area contributed by atoms with Gasteiger partial charge in [0, 0.05) is 18.3 Å². The molecule has 1 rings (SSSR count). The van der Waals surface area contributed by atoms with Gasteiger partial charge in [0.05, 0.1) is 7.11 Å². The van der Waals surface area contributed by atoms with Crippen molar-refractivity contribution in [3.63, 3.8) is 0 Å². The molecule has 5 heteroatoms. The second-order valence-electron chi connectivity index (χ2n) is 3.59. The molecule has 0 radical (unpaired) electrons. The van der Waals surface area contributed by atoms with Gasteiger partial charge in [0.1, 0.15) is 5.57 Å². The molecule has 1 aromatic rings. The maximum Gasteiger partial charge on any atom is 0.343 e. The molecule has 0 saturated carbocycles. The van der Waals surface area contributed by atoms with Crippen LogP contribution in [0.15, 0.2) is 42.1 Å². The summed E-state index contributed by atoms with van der Waals surface area (Å²) in [6, 6.07) is 6.98. The number of carbonyl (C=O) groups excluding carboxylic acids is 2. The van der Waals surface area contributed by atoms with Crippen LogP contribution in [0, 0.1) is 0 Å². The van der Waals surface area contributed by atoms with Gasteiger partial charge in [-0.3, -0.25) is 4.79 Å². The number of benzene rings is 1. The van der Waals surface area contributed by atoms with E-state index in [9.17, 15) is 9.59 Å². The number of ketones is 1. The van der Waals surface area contributed by atoms with E-state index in [1.165, 1.54) is 19.4 Å². The predicted molar refractivity (Wildman–Crippen MR) is 74.7 cm³/mol. The molecule has 0 spiro atoms. The molecule has 100 valence electrons. The van der Waals surface area contributed by atoms with Crippen LogP contribution < -0.4 is 5.32 Å². The van der Waals surface area contributed by atoms with Gasteiger partial charge in [-0.15, -0.1) is 0 Å². The summed E-state index contributed by atoms with van der Waals surface area (Å²) in [4.78, 5) is 23.2. The monoisotopic (exact) mass is 279 g/mol. The highest BCUT2D eigenvalue weighted by atomic mass is 35.5. The first-order valence-corrected chi connectivity index (χ1v) is 5.90. The average molecular weight is 280 g/mol. The van der Waals surface area contributed by atoms with Gasteiger partial charge in [-0.05, 0) is 23.8 Å². The van der Waals surface area contributed by atoms with Gasteiger partial charge >= 0.3 is 5.97 Å². The van der Waals surface area contributed by atoms with Gasteiger partial charge in [-0.2, -0.15) is 0 Å². The Balaban J connectivity index is 2.85. The van der Waals surface area contributed by atoms with Crippen LogP contribution in [0.3, 0.4) is 0 Å². The summed E-state index contributed by atoms with van der Waals surface area (Å²) in [5, 5.41) is 3.25. The second kappa shape index (κ2) is 7.38. The van der Waals surface area contributed by atoms with Gasteiger partial charge in [0.2, 0.25) is 0 Å². The lowest BCUT2D eigenvalue weighted by atomic mass is 10.1. The zero-order valence-corrected chi connectivity index (χ0v) is 11.4. The van der Waals surface area contributed by atoms with Gasteiger partial charge in [0.25, 0.3) is 0 Å². The Labute approximate surface area is 116 Å². The summed E-state index contributed by atoms with van der Waals surface area (Å²) < 4.78 is 4.53. The van der Waals surface area contributed by atoms with E-state index in [1.807, 2.05) is 0 Å². The molecule has 0 unspecified atom stereocenters. The molecule has 1 N–H and O–H groups in total. The average Bonchev–Trinajstić information content (AvgIpc) is 2.43. The van der Waals surface area contributed by atoms with Crippen LogP contribution in [-0.4, -0.2) is 25.9 Å². The molecule has 1 aromatic carbocycles. The Hall–Kier alpha value is -2.07. The van der Waals surface area contributed by atoms with E-state index >= 15 is 0 Å². The minimum absolute atomic E-state index is 0.0600. The predicted octanol–water partition coefficient (Wildman–Crippen LogP) is 2.20. The van der Waals surface area contributed by atoms with Crippen molar-refractivity contribution in [2.45, 2.75) is 0 Å². The fraction of sp³-hybridized carbons (Fsp3) is 0.143. The number of methoxy groups -OCH3 is 1. The van der Waals surface area contributed by atoms with Crippen molar-refractivity contribution in [3.05, 3.63) is 52.7 Å². The third kappa shape index (κ3) is 4.60. The van der Waals surface area contributed by atoms with Crippen LogP contribution in [0.5, 0.6) is 0 Å². The highest BCUT2D eigenvalue weighted by Crippen LogP contribution is 2.11. The lowest BCUT2D eigenvalue weighted by molar-refractivity contribution is -0.137. The van der Waals surface area contributed by atoms with Gasteiger partial charge in [-0.1, -0.05) is 29.8 Å². The number of nitrogens with one attached hydrogen (secondary N) is 1. The Kier molecular flexibility index (Phi) is 5.82. The summed E-state index contributed by atoms with van der Waals surface area (Å²) in [5.74, 6) is -1.11. The normalized spacial score (nSPS) is 11.4. The van der Waals surface area contributed by atoms with Gasteiger partial charge in [0.15, 0.2) is 5.78 Å². The van der Waals surface area contributed by atoms with E-state index in [4.69, 9.17) is 11.6 Å². The summed E-state index contributed by atoms with van der Waals surface area (Å²) in [6.07, 6.45) is 4.22. The smallest absolute Gasteiger partial charge is 0.343 e. The number of allylic oxidation sites excluding steroid dienone is 1. The Morgan fingerprint density at radius 2 is 1.89 bits per heavy atom. The minimum atomic E-state index is -0.680. The molecular formula is C14H14ClNO3. The van der Waals surface area contributed by atoms with E-state index in [-0.39, 0.29) is 5.57 Å². The van der Waals surface area contributed by atoms with Crippen LogP contribution in [0.4, 0.5) is 0 Å². The molecule has 0 fully saturated rings. The highest BCUT2D eigenvalue weighted by Gasteiger charge is 2.15. The highest BCUT2D eigenvalue weighted by molar-refractivity contribution is 6.30. The standard InChI is InChI=1S/C14H14ClNO3/c1-16-9-12(14(18)19-2)13(17)8-5-10-3-6-11(15)7-4-10/h3-9,16H,1-2H3/b8-5+,12-9+. The molecule has 19 heavy (non-hydrogen) atoms. The van der Waals surface area contributed by atoms with E-state index in [2.05, 4.69) is 10.1 Å². The Morgan fingerprint density at radius 1 is 1.26 bits per heavy atom. The molecule has 0 aliphatic carbocycles. The zero-order chi connectivity index (χ0) is 14.3. The van der Waals surface area contributed by atoms with E-state index in [0.29, 0.717) is 5.02 Å². The molecule has 4 nitrogen and oxygen atoms in total. The number of carbonyl (C=O) groups is 2. The zero-order valence-electron chi connectivity index (χ0n) is 10.6. The first-order valence-electron chi connectivity index (χ1n) is 5.52. The van der Waals surface area contributed by atoms with Crippen molar-refractivity contribution >= 4 is 29.4 Å². The fourth-order valence-corrected chi connectivity index (χ4v) is 1.45. The molecule has 0 amide bonds. The second-order valence-corrected chi connectivity index (χ2v) is 4.02. The topological polar surface area (TPSA) is 55.4 Å². The van der Waals surface area contributed by atoms with Crippen molar-refractivity contribution in [3.8, 4) is 0 Å². The van der Waals surface area contributed by atoms with Crippen molar-refractivity contribution < 1.29 is 14.3 Å². The van der Waals surface area contributed by atoms with Crippen molar-refractivity contribution in [1.82, 2.24) is 5.32 Å². The lowest BCUT2D eigenvalue weighted by Gasteiger charge is -2.01. The summed E-state index contributed by atoms with van der Waals surface area (Å²) in [6.45, 7) is 0. The molecular weight excluding hydrogens is 266 g/mol. The van der Waals surface area contributed by atoms with E-state index in [1.54, 1.807) is 37.4 Å². The first-order chi connectivity index (χ1) is 9.08. The van der Waals surface area contributed by atoms with E-state index in [0.717, 1.165) is 5.56 Å². The summed E-state index contributed by atoms with van der Waals surface area (Å²) in [5.41, 5.74) is 0.752. The number of esters is 1. The van der Waals surface area contributed by atoms with Gasteiger partial charge in [-0.25, -0.2) is 4.79 Å². The molecule has 0 heterocycles. The number of ether oxygens (including phenoxy) is 1. The van der Waals surface area contributed by atoms with Crippen LogP contribution in [0.2, 0.25) is 5.02 Å². The van der Waals surface area contributed by atoms with Crippen LogP contribution in [0.25, 0.3) is 6.08 Å². The number of hydrogen-bond donors (Lipinski definition) is 1. The van der Waals surface area contributed by atoms with Crippen molar-refractivity contribution in [2.75, 3.05) is 14.2 Å². The largest absolute Gasteiger partial charge is 0.465 e. The first kappa shape index (κ1) is 15.0. The van der Waals surface area contributed by atoms with Crippen LogP contribution >= 0.6 is 11.6 Å². The quantitative estimate of drug-likeness (QED) is 0.389. The molecule has 0 aliphatic heterocycles. The molecule has 0 aliphatic rings. The molecule has 0 bridgehead atoms. The molecule has 0 aromatic heterocycles. The Bertz CT molecular complexity index is 518. The minimum Gasteiger partial charge on any atom is -0.465 e. The lowest BCUT2D eigenvalue weighted by Crippen LogP contribution is -2.15. The fourth-order valence-electron chi connectivity index (χ4n) is 1.32. The maximum absolute atomic E-state index is 11.9. The SMILES string of the molecule is CN/C=C(\C(=O)/C=C/c1ccc(Cl)cc1)C(=O)OC. The Morgan fingerprint density at radius 3 is 2.42 bits per heavy atom. The molecule has 0 atom stereocenters. The van der Waals surface area contributed by atoms with Crippen LogP contribution in [0.1, 0.15) is 5.56 Å². The molecule has 0 saturated heterocycles. The summed E-state index contributed by atoms with van der Waals surface area (Å²) >= 11 is 5.76. The van der Waals surface area contributed by atoms with Crippen molar-refractivity contribution in [1.29, 1.82) is 0 Å². The third-order valence-electron chi connectivity index (χ3n) is 2.26. The number of hydrogen-bond acceptors (Lipinski definition) is 4. The van der Waals surface area contributed by atoms with Crippen molar-refractivity contribution in [2.24, 2.45) is 0 Å². The number of rotatable bonds is 5. The maximum atomic E-state index is 11.9. The van der Waals surface area contributed by atoms with Crippen LogP contribution in [-0.2, 0) is 14.3 Å². The summed E-state index contributed by atoms with van der Waals surface area (Å²) in [7, 11) is 2.82. The third-order valence-corrected chi connectivity index (χ3v) is 2.51.